The topological polar surface area (TPSA) is 118 Å². The molecule has 0 aliphatic carbocycles. The van der Waals surface area contributed by atoms with E-state index < -0.39 is 17.8 Å². The summed E-state index contributed by atoms with van der Waals surface area (Å²) in [7, 11) is 1.55. The van der Waals surface area contributed by atoms with Crippen molar-refractivity contribution in [3.05, 3.63) is 111 Å². The molecule has 4 aromatic rings. The molecule has 2 amide bonds. The summed E-state index contributed by atoms with van der Waals surface area (Å²) in [6.07, 6.45) is 3.45. The number of benzene rings is 2. The third-order valence-electron chi connectivity index (χ3n) is 7.88. The van der Waals surface area contributed by atoms with E-state index in [1.807, 2.05) is 31.2 Å². The maximum Gasteiger partial charge on any atom is 0.255 e. The SMILES string of the molecule is C=C(Cc1ccc2c(c1)NC(=O)[C@H](C)CCC[C@H](NC(=O)c1cnn(-c3cccc(Cl)c3F)c1C)c1cc-2cc(=O)[nH]1)OC. The summed E-state index contributed by atoms with van der Waals surface area (Å²) in [6, 6.07) is 12.9. The lowest BCUT2D eigenvalue weighted by molar-refractivity contribution is -0.119. The molecule has 2 bridgehead atoms. The summed E-state index contributed by atoms with van der Waals surface area (Å²) < 4.78 is 21.3. The van der Waals surface area contributed by atoms with Crippen molar-refractivity contribution in [2.75, 3.05) is 12.4 Å². The van der Waals surface area contributed by atoms with Crippen LogP contribution >= 0.6 is 11.6 Å². The van der Waals surface area contributed by atoms with E-state index in [1.54, 1.807) is 20.1 Å². The molecule has 0 saturated heterocycles. The zero-order valence-electron chi connectivity index (χ0n) is 24.7. The van der Waals surface area contributed by atoms with Crippen molar-refractivity contribution >= 4 is 29.1 Å². The zero-order valence-corrected chi connectivity index (χ0v) is 25.4. The van der Waals surface area contributed by atoms with Crippen molar-refractivity contribution in [1.29, 1.82) is 0 Å². The number of carbonyl (C=O) groups excluding carboxylic acids is 2. The number of H-pyrrole nitrogens is 1. The largest absolute Gasteiger partial charge is 0.501 e. The zero-order chi connectivity index (χ0) is 31.5. The van der Waals surface area contributed by atoms with E-state index in [9.17, 15) is 18.8 Å². The molecule has 1 aliphatic heterocycles. The summed E-state index contributed by atoms with van der Waals surface area (Å²) in [5.74, 6) is -0.949. The van der Waals surface area contributed by atoms with Crippen LogP contribution in [0.4, 0.5) is 10.1 Å². The molecule has 0 saturated carbocycles. The van der Waals surface area contributed by atoms with Crippen molar-refractivity contribution in [2.24, 2.45) is 5.92 Å². The average Bonchev–Trinajstić information content (AvgIpc) is 3.38. The molecule has 0 spiro atoms. The van der Waals surface area contributed by atoms with Crippen molar-refractivity contribution in [1.82, 2.24) is 20.1 Å². The van der Waals surface area contributed by atoms with Gasteiger partial charge in [-0.3, -0.25) is 14.4 Å². The van der Waals surface area contributed by atoms with Gasteiger partial charge in [0.05, 0.1) is 41.4 Å². The van der Waals surface area contributed by atoms with Crippen LogP contribution in [0.5, 0.6) is 0 Å². The van der Waals surface area contributed by atoms with Gasteiger partial charge in [-0.1, -0.05) is 49.7 Å². The van der Waals surface area contributed by atoms with Crippen LogP contribution in [0.1, 0.15) is 59.5 Å². The number of amides is 2. The van der Waals surface area contributed by atoms with Crippen LogP contribution in [0.3, 0.4) is 0 Å². The number of aromatic nitrogens is 3. The number of allylic oxidation sites excluding steroid dienone is 1. The van der Waals surface area contributed by atoms with Gasteiger partial charge in [-0.25, -0.2) is 9.07 Å². The smallest absolute Gasteiger partial charge is 0.255 e. The number of rotatable bonds is 6. The fraction of sp³-hybridized carbons (Fsp3) is 0.273. The number of nitrogens with zero attached hydrogens (tertiary/aromatic N) is 2. The lowest BCUT2D eigenvalue weighted by Gasteiger charge is -2.23. The predicted molar refractivity (Wildman–Crippen MR) is 167 cm³/mol. The Morgan fingerprint density at radius 2 is 2.00 bits per heavy atom. The van der Waals surface area contributed by atoms with Crippen LogP contribution in [0.15, 0.2) is 71.9 Å². The predicted octanol–water partition coefficient (Wildman–Crippen LogP) is 6.26. The Balaban J connectivity index is 1.52. The molecule has 0 unspecified atom stereocenters. The van der Waals surface area contributed by atoms with Gasteiger partial charge in [-0.15, -0.1) is 0 Å². The number of hydrogen-bond acceptors (Lipinski definition) is 5. The monoisotopic (exact) mass is 617 g/mol. The number of nitrogens with one attached hydrogen (secondary N) is 3. The number of hydrogen-bond donors (Lipinski definition) is 3. The summed E-state index contributed by atoms with van der Waals surface area (Å²) in [5.41, 5.74) is 3.67. The minimum Gasteiger partial charge on any atom is -0.501 e. The Hall–Kier alpha value is -4.70. The van der Waals surface area contributed by atoms with Gasteiger partial charge in [-0.2, -0.15) is 5.10 Å². The normalized spacial score (nSPS) is 16.6. The first-order valence-electron chi connectivity index (χ1n) is 14.3. The highest BCUT2D eigenvalue weighted by Crippen LogP contribution is 2.33. The Labute approximate surface area is 259 Å². The number of ether oxygens (including phenoxy) is 1. The number of halogens is 2. The molecular weight excluding hydrogens is 585 g/mol. The van der Waals surface area contributed by atoms with Gasteiger partial charge in [-0.05, 0) is 55.2 Å². The van der Waals surface area contributed by atoms with E-state index in [0.717, 1.165) is 5.56 Å². The van der Waals surface area contributed by atoms with E-state index >= 15 is 0 Å². The maximum absolute atomic E-state index is 14.7. The van der Waals surface area contributed by atoms with Crippen molar-refractivity contribution < 1.29 is 18.7 Å². The third-order valence-corrected chi connectivity index (χ3v) is 8.17. The first-order valence-corrected chi connectivity index (χ1v) is 14.6. The average molecular weight is 618 g/mol. The second-order valence-corrected chi connectivity index (χ2v) is 11.4. The van der Waals surface area contributed by atoms with Crippen LogP contribution < -0.4 is 16.2 Å². The quantitative estimate of drug-likeness (QED) is 0.221. The molecule has 1 aliphatic rings. The van der Waals surface area contributed by atoms with Crippen LogP contribution in [0, 0.1) is 18.7 Å². The molecular formula is C33H33ClFN5O4. The van der Waals surface area contributed by atoms with E-state index in [-0.39, 0.29) is 33.7 Å². The van der Waals surface area contributed by atoms with Gasteiger partial charge in [0, 0.05) is 35.3 Å². The lowest BCUT2D eigenvalue weighted by atomic mass is 9.94. The molecule has 3 N–H and O–H groups in total. The van der Waals surface area contributed by atoms with E-state index in [0.29, 0.717) is 59.6 Å². The summed E-state index contributed by atoms with van der Waals surface area (Å²) in [5, 5.41) is 10.3. The molecule has 44 heavy (non-hydrogen) atoms. The Kier molecular flexibility index (Phi) is 9.01. The first kappa shape index (κ1) is 30.7. The molecule has 2 aromatic carbocycles. The van der Waals surface area contributed by atoms with Crippen molar-refractivity contribution in [2.45, 2.75) is 45.6 Å². The van der Waals surface area contributed by atoms with Crippen LogP contribution in [0.2, 0.25) is 5.02 Å². The lowest BCUT2D eigenvalue weighted by Crippen LogP contribution is -2.31. The first-order chi connectivity index (χ1) is 21.0. The minimum atomic E-state index is -0.643. The number of methoxy groups -OCH3 is 1. The van der Waals surface area contributed by atoms with Gasteiger partial charge in [0.2, 0.25) is 11.5 Å². The highest BCUT2D eigenvalue weighted by Gasteiger charge is 2.25. The van der Waals surface area contributed by atoms with Crippen molar-refractivity contribution in [3.8, 4) is 16.8 Å². The van der Waals surface area contributed by atoms with Gasteiger partial charge in [0.25, 0.3) is 5.91 Å². The fourth-order valence-corrected chi connectivity index (χ4v) is 5.52. The van der Waals surface area contributed by atoms with E-state index in [4.69, 9.17) is 16.3 Å². The summed E-state index contributed by atoms with van der Waals surface area (Å²) in [4.78, 5) is 42.6. The van der Waals surface area contributed by atoms with Gasteiger partial charge >= 0.3 is 0 Å². The number of pyridine rings is 1. The molecule has 11 heteroatoms. The summed E-state index contributed by atoms with van der Waals surface area (Å²) >= 11 is 5.96. The highest BCUT2D eigenvalue weighted by atomic mass is 35.5. The van der Waals surface area contributed by atoms with Crippen LogP contribution in [0.25, 0.3) is 16.8 Å². The van der Waals surface area contributed by atoms with Gasteiger partial charge < -0.3 is 20.4 Å². The number of aromatic amines is 1. The Morgan fingerprint density at radius 3 is 2.77 bits per heavy atom. The molecule has 0 radical (unpaired) electrons. The minimum absolute atomic E-state index is 0.0541. The van der Waals surface area contributed by atoms with E-state index in [2.05, 4.69) is 27.3 Å². The molecule has 3 heterocycles. The molecule has 2 atom stereocenters. The van der Waals surface area contributed by atoms with Crippen molar-refractivity contribution in [3.63, 3.8) is 0 Å². The fourth-order valence-electron chi connectivity index (χ4n) is 5.35. The van der Waals surface area contributed by atoms with E-state index in [1.165, 1.54) is 29.1 Å². The third kappa shape index (κ3) is 6.45. The molecule has 5 rings (SSSR count). The Morgan fingerprint density at radius 1 is 1.20 bits per heavy atom. The molecule has 228 valence electrons. The molecule has 2 aromatic heterocycles. The second-order valence-electron chi connectivity index (χ2n) is 11.0. The molecule has 0 fully saturated rings. The number of fused-ring (bicyclic) bond motifs is 4. The number of carbonyl (C=O) groups is 2. The summed E-state index contributed by atoms with van der Waals surface area (Å²) in [6.45, 7) is 7.42. The van der Waals surface area contributed by atoms with Gasteiger partial charge in [0.15, 0.2) is 5.82 Å². The van der Waals surface area contributed by atoms with Gasteiger partial charge in [0.1, 0.15) is 5.69 Å². The maximum atomic E-state index is 14.7. The van der Waals surface area contributed by atoms with Crippen LogP contribution in [-0.2, 0) is 16.0 Å². The second kappa shape index (κ2) is 12.9. The molecule has 9 nitrogen and oxygen atoms in total. The highest BCUT2D eigenvalue weighted by molar-refractivity contribution is 6.30. The van der Waals surface area contributed by atoms with Crippen LogP contribution in [-0.4, -0.2) is 33.7 Å². The Bertz CT molecular complexity index is 1810. The standard InChI is InChI=1S/C33H33ClFN5O4/c1-18-7-5-9-26(38-33(43)24-17-36-40(20(24)3)29-10-6-8-25(34)31(29)35)28-15-22(16-30(41)37-28)23-12-11-21(13-19(2)44-4)14-27(23)39-32(18)42/h6,8,10-12,14-18,26H,2,5,7,9,13H2,1,3-4H3,(H,37,41)(H,38,43)(H,39,42)/t18-,26+/m1/s1. The number of anilines is 1.